The predicted octanol–water partition coefficient (Wildman–Crippen LogP) is 5.09. The largest absolute Gasteiger partial charge is 0.381 e. The third-order valence-corrected chi connectivity index (χ3v) is 6.09. The van der Waals surface area contributed by atoms with E-state index in [0.717, 1.165) is 46.1 Å². The molecular weight excluding hydrogens is 382 g/mol. The first-order valence-electron chi connectivity index (χ1n) is 10.0. The van der Waals surface area contributed by atoms with Gasteiger partial charge in [0.05, 0.1) is 5.69 Å². The van der Waals surface area contributed by atoms with Crippen LogP contribution in [0.5, 0.6) is 0 Å². The summed E-state index contributed by atoms with van der Waals surface area (Å²) in [6.45, 7) is 4.28. The van der Waals surface area contributed by atoms with Crippen molar-refractivity contribution in [2.45, 2.75) is 36.1 Å². The number of aryl methyl sites for hydroxylation is 1. The molecule has 0 spiro atoms. The van der Waals surface area contributed by atoms with Crippen LogP contribution in [-0.4, -0.2) is 28.9 Å². The van der Waals surface area contributed by atoms with Gasteiger partial charge in [-0.1, -0.05) is 30.0 Å². The van der Waals surface area contributed by atoms with E-state index in [2.05, 4.69) is 47.7 Å². The molecule has 1 aromatic heterocycles. The molecule has 5 nitrogen and oxygen atoms in total. The number of aromatic nitrogens is 2. The third-order valence-electron chi connectivity index (χ3n) is 5.10. The lowest BCUT2D eigenvalue weighted by Gasteiger charge is -2.21. The van der Waals surface area contributed by atoms with E-state index >= 15 is 0 Å². The summed E-state index contributed by atoms with van der Waals surface area (Å²) in [6, 6.07) is 18.6. The topological polar surface area (TPSA) is 56.2 Å². The van der Waals surface area contributed by atoms with Crippen LogP contribution in [-0.2, 0) is 16.1 Å². The average molecular weight is 408 g/mol. The molecule has 0 radical (unpaired) electrons. The lowest BCUT2D eigenvalue weighted by Crippen LogP contribution is -2.28. The Kier molecular flexibility index (Phi) is 6.32. The van der Waals surface area contributed by atoms with Gasteiger partial charge in [0.15, 0.2) is 0 Å². The van der Waals surface area contributed by atoms with Crippen molar-refractivity contribution in [3.8, 4) is 11.3 Å². The van der Waals surface area contributed by atoms with Crippen LogP contribution in [0.25, 0.3) is 11.3 Å². The Hall–Kier alpha value is -2.57. The molecule has 29 heavy (non-hydrogen) atoms. The highest BCUT2D eigenvalue weighted by Gasteiger charge is 2.21. The summed E-state index contributed by atoms with van der Waals surface area (Å²) in [5, 5.41) is 7.40. The van der Waals surface area contributed by atoms with Crippen molar-refractivity contribution in [3.63, 3.8) is 0 Å². The molecule has 0 unspecified atom stereocenters. The van der Waals surface area contributed by atoms with E-state index in [1.54, 1.807) is 11.8 Å². The Morgan fingerprint density at radius 1 is 1.14 bits per heavy atom. The Morgan fingerprint density at radius 3 is 2.69 bits per heavy atom. The van der Waals surface area contributed by atoms with Gasteiger partial charge in [0.2, 0.25) is 5.91 Å². The van der Waals surface area contributed by atoms with Gasteiger partial charge in [-0.15, -0.1) is 0 Å². The molecule has 150 valence electrons. The van der Waals surface area contributed by atoms with Crippen molar-refractivity contribution in [1.82, 2.24) is 9.78 Å². The van der Waals surface area contributed by atoms with Gasteiger partial charge >= 0.3 is 0 Å². The molecule has 0 aliphatic carbocycles. The zero-order valence-corrected chi connectivity index (χ0v) is 17.3. The normalized spacial score (nSPS) is 14.7. The van der Waals surface area contributed by atoms with E-state index in [4.69, 9.17) is 4.74 Å². The maximum atomic E-state index is 12.5. The number of nitrogens with zero attached hydrogens (tertiary/aromatic N) is 2. The zero-order valence-electron chi connectivity index (χ0n) is 16.5. The van der Waals surface area contributed by atoms with Crippen molar-refractivity contribution in [1.29, 1.82) is 0 Å². The second-order valence-electron chi connectivity index (χ2n) is 7.06. The average Bonchev–Trinajstić information content (AvgIpc) is 3.24. The summed E-state index contributed by atoms with van der Waals surface area (Å²) in [5.41, 5.74) is 3.13. The van der Waals surface area contributed by atoms with Crippen LogP contribution >= 0.6 is 11.8 Å². The Morgan fingerprint density at radius 2 is 1.93 bits per heavy atom. The molecule has 3 aromatic rings. The number of rotatable bonds is 6. The van der Waals surface area contributed by atoms with E-state index in [-0.39, 0.29) is 11.8 Å². The second-order valence-corrected chi connectivity index (χ2v) is 8.21. The molecule has 0 saturated carbocycles. The molecule has 2 aromatic carbocycles. The minimum Gasteiger partial charge on any atom is -0.381 e. The van der Waals surface area contributed by atoms with Crippen molar-refractivity contribution >= 4 is 23.4 Å². The second kappa shape index (κ2) is 9.29. The van der Waals surface area contributed by atoms with Crippen LogP contribution in [0.2, 0.25) is 0 Å². The SMILES string of the molecule is CCn1nccc1-c1ccc(Sc2cccc(NC(=O)C3CCOCC3)c2)cc1. The van der Waals surface area contributed by atoms with E-state index in [1.807, 2.05) is 35.1 Å². The first-order valence-corrected chi connectivity index (χ1v) is 10.8. The van der Waals surface area contributed by atoms with Gasteiger partial charge < -0.3 is 10.1 Å². The standard InChI is InChI=1S/C23H25N3O2S/c1-2-26-22(10-13-24-26)17-6-8-20(9-7-17)29-21-5-3-4-19(16-21)25-23(27)18-11-14-28-15-12-18/h3-10,13,16,18H,2,11-12,14-15H2,1H3,(H,25,27). The highest BCUT2D eigenvalue weighted by atomic mass is 32.2. The Bertz CT molecular complexity index is 962. The molecule has 4 rings (SSSR count). The number of anilines is 1. The van der Waals surface area contributed by atoms with Crippen LogP contribution in [0.4, 0.5) is 5.69 Å². The summed E-state index contributed by atoms with van der Waals surface area (Å²) in [5.74, 6) is 0.136. The van der Waals surface area contributed by atoms with Gasteiger partial charge in [-0.05, 0) is 61.7 Å². The van der Waals surface area contributed by atoms with Crippen molar-refractivity contribution < 1.29 is 9.53 Å². The number of hydrogen-bond acceptors (Lipinski definition) is 4. The fraction of sp³-hybridized carbons (Fsp3) is 0.304. The van der Waals surface area contributed by atoms with Gasteiger partial charge in [0, 0.05) is 47.4 Å². The minimum atomic E-state index is 0.0455. The van der Waals surface area contributed by atoms with E-state index in [9.17, 15) is 4.79 Å². The zero-order chi connectivity index (χ0) is 20.1. The molecular formula is C23H25N3O2S. The summed E-state index contributed by atoms with van der Waals surface area (Å²) >= 11 is 1.69. The number of benzene rings is 2. The number of amides is 1. The maximum Gasteiger partial charge on any atom is 0.227 e. The maximum absolute atomic E-state index is 12.5. The monoisotopic (exact) mass is 407 g/mol. The quantitative estimate of drug-likeness (QED) is 0.619. The minimum absolute atomic E-state index is 0.0455. The number of ether oxygens (including phenoxy) is 1. The summed E-state index contributed by atoms with van der Waals surface area (Å²) in [7, 11) is 0. The number of hydrogen-bond donors (Lipinski definition) is 1. The molecule has 1 aliphatic rings. The van der Waals surface area contributed by atoms with Crippen LogP contribution in [0, 0.1) is 5.92 Å². The molecule has 6 heteroatoms. The van der Waals surface area contributed by atoms with Gasteiger partial charge in [0.1, 0.15) is 0 Å². The summed E-state index contributed by atoms with van der Waals surface area (Å²) in [4.78, 5) is 14.7. The molecule has 1 saturated heterocycles. The first kappa shape index (κ1) is 19.7. The van der Waals surface area contributed by atoms with Crippen molar-refractivity contribution in [2.24, 2.45) is 5.92 Å². The molecule has 1 N–H and O–H groups in total. The number of carbonyl (C=O) groups is 1. The van der Waals surface area contributed by atoms with Crippen LogP contribution in [0.15, 0.2) is 70.6 Å². The van der Waals surface area contributed by atoms with Gasteiger partial charge in [-0.3, -0.25) is 9.48 Å². The fourth-order valence-electron chi connectivity index (χ4n) is 3.50. The van der Waals surface area contributed by atoms with Crippen molar-refractivity contribution in [3.05, 3.63) is 60.8 Å². The lowest BCUT2D eigenvalue weighted by atomic mass is 9.99. The summed E-state index contributed by atoms with van der Waals surface area (Å²) in [6.07, 6.45) is 3.43. The Labute approximate surface area is 175 Å². The third kappa shape index (κ3) is 4.89. The molecule has 2 heterocycles. The highest BCUT2D eigenvalue weighted by molar-refractivity contribution is 7.99. The smallest absolute Gasteiger partial charge is 0.227 e. The van der Waals surface area contributed by atoms with E-state index < -0.39 is 0 Å². The van der Waals surface area contributed by atoms with Gasteiger partial charge in [0.25, 0.3) is 0 Å². The van der Waals surface area contributed by atoms with Crippen LogP contribution in [0.1, 0.15) is 19.8 Å². The number of nitrogens with one attached hydrogen (secondary N) is 1. The Balaban J connectivity index is 1.42. The number of carbonyl (C=O) groups excluding carboxylic acids is 1. The first-order chi connectivity index (χ1) is 14.2. The molecule has 0 bridgehead atoms. The fourth-order valence-corrected chi connectivity index (χ4v) is 4.38. The predicted molar refractivity (Wildman–Crippen MR) is 116 cm³/mol. The van der Waals surface area contributed by atoms with Gasteiger partial charge in [-0.2, -0.15) is 5.10 Å². The molecule has 1 fully saturated rings. The lowest BCUT2D eigenvalue weighted by molar-refractivity contribution is -0.122. The molecule has 1 amide bonds. The molecule has 1 aliphatic heterocycles. The van der Waals surface area contributed by atoms with Crippen LogP contribution < -0.4 is 5.32 Å². The van der Waals surface area contributed by atoms with Crippen LogP contribution in [0.3, 0.4) is 0 Å². The van der Waals surface area contributed by atoms with E-state index in [0.29, 0.717) is 13.2 Å². The molecule has 0 atom stereocenters. The summed E-state index contributed by atoms with van der Waals surface area (Å²) < 4.78 is 7.34. The van der Waals surface area contributed by atoms with Crippen molar-refractivity contribution in [2.75, 3.05) is 18.5 Å². The van der Waals surface area contributed by atoms with E-state index in [1.165, 1.54) is 0 Å². The highest BCUT2D eigenvalue weighted by Crippen LogP contribution is 2.31. The van der Waals surface area contributed by atoms with Gasteiger partial charge in [-0.25, -0.2) is 0 Å².